The van der Waals surface area contributed by atoms with E-state index in [2.05, 4.69) is 46.8 Å². The highest BCUT2D eigenvalue weighted by molar-refractivity contribution is 9.10. The fourth-order valence-electron chi connectivity index (χ4n) is 2.28. The third-order valence-electron chi connectivity index (χ3n) is 3.14. The van der Waals surface area contributed by atoms with E-state index in [1.54, 1.807) is 0 Å². The summed E-state index contributed by atoms with van der Waals surface area (Å²) in [6, 6.07) is 4.40. The van der Waals surface area contributed by atoms with Gasteiger partial charge in [0.05, 0.1) is 5.60 Å². The topological polar surface area (TPSA) is 23.5 Å². The van der Waals surface area contributed by atoms with Crippen molar-refractivity contribution in [1.29, 1.82) is 0 Å². The number of rotatable bonds is 2. The van der Waals surface area contributed by atoms with Crippen molar-refractivity contribution >= 4 is 15.9 Å². The van der Waals surface area contributed by atoms with Gasteiger partial charge in [-0.15, -0.1) is 0 Å². The summed E-state index contributed by atoms with van der Waals surface area (Å²) in [5.41, 5.74) is 3.46. The maximum absolute atomic E-state index is 9.68. The minimum Gasteiger partial charge on any atom is -0.388 e. The van der Waals surface area contributed by atoms with E-state index in [1.165, 1.54) is 21.2 Å². The highest BCUT2D eigenvalue weighted by atomic mass is 79.9. The minimum atomic E-state index is -0.474. The first-order valence-corrected chi connectivity index (χ1v) is 6.37. The molecular formula is C13H18BrNO. The van der Waals surface area contributed by atoms with Crippen molar-refractivity contribution in [2.24, 2.45) is 0 Å². The predicted molar refractivity (Wildman–Crippen MR) is 69.5 cm³/mol. The molecule has 1 aromatic rings. The first-order chi connectivity index (χ1) is 7.37. The summed E-state index contributed by atoms with van der Waals surface area (Å²) in [7, 11) is 0. The second-order valence-corrected chi connectivity index (χ2v) is 6.02. The average Bonchev–Trinajstić information content (AvgIpc) is 2.11. The van der Waals surface area contributed by atoms with Crippen molar-refractivity contribution in [1.82, 2.24) is 4.90 Å². The molecule has 1 heterocycles. The highest BCUT2D eigenvalue weighted by Crippen LogP contribution is 2.26. The van der Waals surface area contributed by atoms with E-state index in [0.29, 0.717) is 0 Å². The molecule has 0 aromatic heterocycles. The van der Waals surface area contributed by atoms with Crippen LogP contribution in [0.25, 0.3) is 0 Å². The molecule has 1 saturated heterocycles. The summed E-state index contributed by atoms with van der Waals surface area (Å²) in [6.45, 7) is 8.64. The lowest BCUT2D eigenvalue weighted by atomic mass is 9.95. The first kappa shape index (κ1) is 12.1. The van der Waals surface area contributed by atoms with Crippen molar-refractivity contribution in [3.63, 3.8) is 0 Å². The van der Waals surface area contributed by atoms with E-state index < -0.39 is 5.60 Å². The standard InChI is InChI=1S/C13H18BrNO/c1-9-5-12(14)10(2)4-11(9)6-15-7-13(3,16)8-15/h4-5,16H,6-8H2,1-3H3. The van der Waals surface area contributed by atoms with E-state index in [1.807, 2.05) is 6.92 Å². The molecule has 0 amide bonds. The van der Waals surface area contributed by atoms with Crippen LogP contribution in [0.3, 0.4) is 0 Å². The van der Waals surface area contributed by atoms with Crippen LogP contribution in [0, 0.1) is 13.8 Å². The minimum absolute atomic E-state index is 0.474. The number of benzene rings is 1. The molecule has 0 aliphatic carbocycles. The first-order valence-electron chi connectivity index (χ1n) is 5.58. The molecule has 0 unspecified atom stereocenters. The monoisotopic (exact) mass is 283 g/mol. The van der Waals surface area contributed by atoms with E-state index in [9.17, 15) is 5.11 Å². The molecule has 0 radical (unpaired) electrons. The smallest absolute Gasteiger partial charge is 0.0872 e. The molecule has 3 heteroatoms. The number of β-amino-alcohol motifs (C(OH)–C–C–N with tert-alkyl or cyclic N) is 1. The van der Waals surface area contributed by atoms with Crippen molar-refractivity contribution < 1.29 is 5.11 Å². The lowest BCUT2D eigenvalue weighted by Crippen LogP contribution is -2.59. The van der Waals surface area contributed by atoms with Gasteiger partial charge < -0.3 is 5.11 Å². The van der Waals surface area contributed by atoms with Gasteiger partial charge in [0, 0.05) is 24.1 Å². The van der Waals surface area contributed by atoms with Crippen molar-refractivity contribution in [2.75, 3.05) is 13.1 Å². The Bertz CT molecular complexity index is 407. The molecule has 2 nitrogen and oxygen atoms in total. The highest BCUT2D eigenvalue weighted by Gasteiger charge is 2.36. The van der Waals surface area contributed by atoms with Gasteiger partial charge in [-0.05, 0) is 43.5 Å². The second-order valence-electron chi connectivity index (χ2n) is 5.17. The summed E-state index contributed by atoms with van der Waals surface area (Å²) in [4.78, 5) is 2.27. The molecule has 88 valence electrons. The molecule has 1 N–H and O–H groups in total. The van der Waals surface area contributed by atoms with E-state index in [4.69, 9.17) is 0 Å². The Kier molecular flexibility index (Phi) is 3.12. The zero-order valence-corrected chi connectivity index (χ0v) is 11.6. The van der Waals surface area contributed by atoms with Gasteiger partial charge in [0.25, 0.3) is 0 Å². The molecule has 16 heavy (non-hydrogen) atoms. The normalized spacial score (nSPS) is 19.6. The summed E-state index contributed by atoms with van der Waals surface area (Å²) >= 11 is 3.54. The van der Waals surface area contributed by atoms with Crippen LogP contribution in [0.5, 0.6) is 0 Å². The van der Waals surface area contributed by atoms with Gasteiger partial charge >= 0.3 is 0 Å². The Balaban J connectivity index is 2.08. The van der Waals surface area contributed by atoms with Crippen LogP contribution in [0.15, 0.2) is 16.6 Å². The Morgan fingerprint density at radius 2 is 1.94 bits per heavy atom. The van der Waals surface area contributed by atoms with Gasteiger partial charge in [0.15, 0.2) is 0 Å². The summed E-state index contributed by atoms with van der Waals surface area (Å²) in [5, 5.41) is 9.68. The Labute approximate surface area is 105 Å². The third kappa shape index (κ3) is 2.47. The number of aliphatic hydroxyl groups is 1. The summed E-state index contributed by atoms with van der Waals surface area (Å²) in [5.74, 6) is 0. The SMILES string of the molecule is Cc1cc(CN2CC(C)(O)C2)c(C)cc1Br. The molecule has 0 spiro atoms. The number of aryl methyl sites for hydroxylation is 2. The average molecular weight is 284 g/mol. The van der Waals surface area contributed by atoms with E-state index >= 15 is 0 Å². The molecule has 2 rings (SSSR count). The van der Waals surface area contributed by atoms with E-state index in [0.717, 1.165) is 19.6 Å². The number of likely N-dealkylation sites (tertiary alicyclic amines) is 1. The second kappa shape index (κ2) is 4.13. The molecule has 0 bridgehead atoms. The number of hydrogen-bond acceptors (Lipinski definition) is 2. The maximum atomic E-state index is 9.68. The summed E-state index contributed by atoms with van der Waals surface area (Å²) < 4.78 is 1.17. The molecule has 1 fully saturated rings. The van der Waals surface area contributed by atoms with Crippen LogP contribution in [0.2, 0.25) is 0 Å². The quantitative estimate of drug-likeness (QED) is 0.902. The molecule has 0 atom stereocenters. The van der Waals surface area contributed by atoms with Crippen molar-refractivity contribution in [2.45, 2.75) is 32.9 Å². The maximum Gasteiger partial charge on any atom is 0.0872 e. The van der Waals surface area contributed by atoms with Crippen molar-refractivity contribution in [3.8, 4) is 0 Å². The zero-order chi connectivity index (χ0) is 11.9. The van der Waals surface area contributed by atoms with E-state index in [-0.39, 0.29) is 0 Å². The molecule has 1 aliphatic heterocycles. The zero-order valence-electron chi connectivity index (χ0n) is 10.0. The lowest BCUT2D eigenvalue weighted by Gasteiger charge is -2.44. The van der Waals surface area contributed by atoms with Crippen LogP contribution in [0.4, 0.5) is 0 Å². The Hall–Kier alpha value is -0.380. The number of hydrogen-bond donors (Lipinski definition) is 1. The van der Waals surface area contributed by atoms with Gasteiger partial charge in [-0.1, -0.05) is 22.0 Å². The number of nitrogens with zero attached hydrogens (tertiary/aromatic N) is 1. The van der Waals surface area contributed by atoms with Gasteiger partial charge in [-0.2, -0.15) is 0 Å². The van der Waals surface area contributed by atoms with Gasteiger partial charge in [0.2, 0.25) is 0 Å². The van der Waals surface area contributed by atoms with Gasteiger partial charge in [-0.3, -0.25) is 4.90 Å². The molecule has 1 aromatic carbocycles. The van der Waals surface area contributed by atoms with Gasteiger partial charge in [-0.25, -0.2) is 0 Å². The van der Waals surface area contributed by atoms with Crippen LogP contribution in [0.1, 0.15) is 23.6 Å². The largest absolute Gasteiger partial charge is 0.388 e. The third-order valence-corrected chi connectivity index (χ3v) is 3.99. The molecule has 1 aliphatic rings. The Morgan fingerprint density at radius 1 is 1.31 bits per heavy atom. The number of halogens is 1. The Morgan fingerprint density at radius 3 is 2.50 bits per heavy atom. The van der Waals surface area contributed by atoms with Crippen molar-refractivity contribution in [3.05, 3.63) is 33.3 Å². The van der Waals surface area contributed by atoms with Gasteiger partial charge in [0.1, 0.15) is 0 Å². The lowest BCUT2D eigenvalue weighted by molar-refractivity contribution is -0.0871. The van der Waals surface area contributed by atoms with Crippen LogP contribution in [-0.4, -0.2) is 28.7 Å². The predicted octanol–water partition coefficient (Wildman–Crippen LogP) is 2.63. The van der Waals surface area contributed by atoms with Crippen LogP contribution < -0.4 is 0 Å². The van der Waals surface area contributed by atoms with Crippen LogP contribution in [-0.2, 0) is 6.54 Å². The molecular weight excluding hydrogens is 266 g/mol. The fraction of sp³-hybridized carbons (Fsp3) is 0.538. The van der Waals surface area contributed by atoms with Crippen LogP contribution >= 0.6 is 15.9 Å². The molecule has 0 saturated carbocycles. The fourth-order valence-corrected chi connectivity index (χ4v) is 2.74. The summed E-state index contributed by atoms with van der Waals surface area (Å²) in [6.07, 6.45) is 0.